The van der Waals surface area contributed by atoms with Gasteiger partial charge in [-0.25, -0.2) is 4.79 Å². The van der Waals surface area contributed by atoms with E-state index in [2.05, 4.69) is 16.0 Å². The summed E-state index contributed by atoms with van der Waals surface area (Å²) >= 11 is 1.52. The summed E-state index contributed by atoms with van der Waals surface area (Å²) in [5.74, 6) is -2.22. The monoisotopic (exact) mass is 432 g/mol. The summed E-state index contributed by atoms with van der Waals surface area (Å²) in [7, 11) is 0. The van der Waals surface area contributed by atoms with E-state index in [9.17, 15) is 24.3 Å². The van der Waals surface area contributed by atoms with Gasteiger partial charge in [-0.3, -0.25) is 14.4 Å². The molecule has 0 rings (SSSR count). The van der Waals surface area contributed by atoms with Gasteiger partial charge in [-0.15, -0.1) is 0 Å². The average molecular weight is 433 g/mol. The highest BCUT2D eigenvalue weighted by Gasteiger charge is 2.31. The minimum absolute atomic E-state index is 0.0767. The number of hydrogen-bond donors (Lipinski definition) is 5. The molecule has 29 heavy (non-hydrogen) atoms. The van der Waals surface area contributed by atoms with Crippen LogP contribution in [-0.2, 0) is 19.2 Å². The number of hydrogen-bond acceptors (Lipinski definition) is 6. The molecule has 0 aliphatic heterocycles. The molecular weight excluding hydrogens is 396 g/mol. The Kier molecular flexibility index (Phi) is 12.6. The summed E-state index contributed by atoms with van der Waals surface area (Å²) in [6.07, 6.45) is 2.54. The molecule has 0 heterocycles. The Bertz CT molecular complexity index is 569. The standard InChI is InChI=1S/C19H36N4O5S/c1-10(2)9-14(19(27)28)22-18(26)15(11(3)4)23-17(25)13(7-8-29-6)21-16(24)12(5)20/h10-15H,7-9,20H2,1-6H3,(H,21,24)(H,22,26)(H,23,25)(H,27,28). The van der Waals surface area contributed by atoms with Crippen LogP contribution in [0, 0.1) is 11.8 Å². The van der Waals surface area contributed by atoms with Crippen molar-refractivity contribution in [3.63, 3.8) is 0 Å². The molecule has 10 heteroatoms. The first kappa shape index (κ1) is 27.2. The molecule has 0 aromatic carbocycles. The molecule has 0 aliphatic carbocycles. The topological polar surface area (TPSA) is 151 Å². The van der Waals surface area contributed by atoms with Crippen LogP contribution in [0.25, 0.3) is 0 Å². The first-order valence-electron chi connectivity index (χ1n) is 9.79. The van der Waals surface area contributed by atoms with E-state index in [-0.39, 0.29) is 18.3 Å². The van der Waals surface area contributed by atoms with Crippen molar-refractivity contribution < 1.29 is 24.3 Å². The SMILES string of the molecule is CSCCC(NC(=O)C(C)N)C(=O)NC(C(=O)NC(CC(C)C)C(=O)O)C(C)C. The summed E-state index contributed by atoms with van der Waals surface area (Å²) in [5.41, 5.74) is 5.56. The largest absolute Gasteiger partial charge is 0.480 e. The quantitative estimate of drug-likeness (QED) is 0.281. The van der Waals surface area contributed by atoms with Gasteiger partial charge in [0.15, 0.2) is 0 Å². The lowest BCUT2D eigenvalue weighted by atomic mass is 10.00. The Balaban J connectivity index is 5.29. The lowest BCUT2D eigenvalue weighted by molar-refractivity contribution is -0.143. The first-order valence-corrected chi connectivity index (χ1v) is 11.2. The Hall–Kier alpha value is -1.81. The highest BCUT2D eigenvalue weighted by molar-refractivity contribution is 7.98. The van der Waals surface area contributed by atoms with Crippen molar-refractivity contribution in [3.8, 4) is 0 Å². The van der Waals surface area contributed by atoms with E-state index in [0.29, 0.717) is 12.2 Å². The molecule has 4 unspecified atom stereocenters. The van der Waals surface area contributed by atoms with Gasteiger partial charge in [-0.05, 0) is 43.6 Å². The lowest BCUT2D eigenvalue weighted by Crippen LogP contribution is -2.58. The van der Waals surface area contributed by atoms with Crippen LogP contribution in [0.1, 0.15) is 47.5 Å². The van der Waals surface area contributed by atoms with Gasteiger partial charge < -0.3 is 26.8 Å². The van der Waals surface area contributed by atoms with Crippen LogP contribution in [-0.4, -0.2) is 65.0 Å². The number of aliphatic carboxylic acids is 1. The Morgan fingerprint density at radius 2 is 1.45 bits per heavy atom. The zero-order valence-electron chi connectivity index (χ0n) is 18.2. The molecule has 168 valence electrons. The summed E-state index contributed by atoms with van der Waals surface area (Å²) in [4.78, 5) is 48.8. The zero-order chi connectivity index (χ0) is 22.7. The molecule has 0 spiro atoms. The molecule has 0 saturated carbocycles. The van der Waals surface area contributed by atoms with E-state index in [0.717, 1.165) is 0 Å². The normalized spacial score (nSPS) is 15.3. The first-order chi connectivity index (χ1) is 13.4. The minimum atomic E-state index is -1.12. The zero-order valence-corrected chi connectivity index (χ0v) is 19.0. The van der Waals surface area contributed by atoms with Crippen LogP contribution in [0.2, 0.25) is 0 Å². The second-order valence-corrected chi connectivity index (χ2v) is 8.88. The number of carbonyl (C=O) groups excluding carboxylic acids is 3. The second kappa shape index (κ2) is 13.4. The molecule has 0 bridgehead atoms. The van der Waals surface area contributed by atoms with Gasteiger partial charge >= 0.3 is 5.97 Å². The Morgan fingerprint density at radius 3 is 1.86 bits per heavy atom. The fraction of sp³-hybridized carbons (Fsp3) is 0.789. The number of rotatable bonds is 13. The fourth-order valence-corrected chi connectivity index (χ4v) is 3.02. The maximum Gasteiger partial charge on any atom is 0.326 e. The number of amides is 3. The molecular formula is C19H36N4O5S. The van der Waals surface area contributed by atoms with Gasteiger partial charge in [0.2, 0.25) is 17.7 Å². The van der Waals surface area contributed by atoms with Crippen molar-refractivity contribution in [1.29, 1.82) is 0 Å². The molecule has 0 fully saturated rings. The molecule has 6 N–H and O–H groups in total. The number of carboxylic acids is 1. The molecule has 0 radical (unpaired) electrons. The molecule has 0 aromatic rings. The minimum Gasteiger partial charge on any atom is -0.480 e. The molecule has 3 amide bonds. The van der Waals surface area contributed by atoms with Gasteiger partial charge in [0, 0.05) is 0 Å². The van der Waals surface area contributed by atoms with Crippen LogP contribution in [0.5, 0.6) is 0 Å². The highest BCUT2D eigenvalue weighted by atomic mass is 32.2. The summed E-state index contributed by atoms with van der Waals surface area (Å²) in [6.45, 7) is 8.74. The summed E-state index contributed by atoms with van der Waals surface area (Å²) in [5, 5.41) is 17.1. The molecule has 4 atom stereocenters. The van der Waals surface area contributed by atoms with Crippen LogP contribution in [0.3, 0.4) is 0 Å². The van der Waals surface area contributed by atoms with Crippen LogP contribution < -0.4 is 21.7 Å². The van der Waals surface area contributed by atoms with E-state index in [1.54, 1.807) is 13.8 Å². The molecule has 0 aliphatic rings. The number of nitrogens with one attached hydrogen (secondary N) is 3. The maximum absolute atomic E-state index is 12.8. The number of thioether (sulfide) groups is 1. The third-order valence-corrected chi connectivity index (χ3v) is 4.87. The lowest BCUT2D eigenvalue weighted by Gasteiger charge is -2.27. The van der Waals surface area contributed by atoms with E-state index < -0.39 is 47.9 Å². The van der Waals surface area contributed by atoms with Crippen molar-refractivity contribution in [3.05, 3.63) is 0 Å². The predicted octanol–water partition coefficient (Wildman–Crippen LogP) is 0.328. The third kappa shape index (κ3) is 10.5. The van der Waals surface area contributed by atoms with Gasteiger partial charge in [0.25, 0.3) is 0 Å². The van der Waals surface area contributed by atoms with E-state index >= 15 is 0 Å². The van der Waals surface area contributed by atoms with E-state index in [1.807, 2.05) is 20.1 Å². The van der Waals surface area contributed by atoms with E-state index in [4.69, 9.17) is 5.73 Å². The van der Waals surface area contributed by atoms with Crippen molar-refractivity contribution in [1.82, 2.24) is 16.0 Å². The Morgan fingerprint density at radius 1 is 0.897 bits per heavy atom. The predicted molar refractivity (Wildman–Crippen MR) is 114 cm³/mol. The second-order valence-electron chi connectivity index (χ2n) is 7.89. The maximum atomic E-state index is 12.8. The van der Waals surface area contributed by atoms with Crippen molar-refractivity contribution in [2.45, 2.75) is 71.6 Å². The van der Waals surface area contributed by atoms with Crippen molar-refractivity contribution in [2.24, 2.45) is 17.6 Å². The summed E-state index contributed by atoms with van der Waals surface area (Å²) in [6, 6.07) is -3.57. The van der Waals surface area contributed by atoms with Crippen LogP contribution in [0.15, 0.2) is 0 Å². The fourth-order valence-electron chi connectivity index (χ4n) is 2.55. The van der Waals surface area contributed by atoms with Crippen molar-refractivity contribution >= 4 is 35.5 Å². The molecule has 0 saturated heterocycles. The van der Waals surface area contributed by atoms with Gasteiger partial charge in [0.1, 0.15) is 18.1 Å². The molecule has 0 aromatic heterocycles. The van der Waals surface area contributed by atoms with Crippen LogP contribution >= 0.6 is 11.8 Å². The molecule has 9 nitrogen and oxygen atoms in total. The van der Waals surface area contributed by atoms with Gasteiger partial charge in [0.05, 0.1) is 6.04 Å². The Labute approximate surface area is 177 Å². The van der Waals surface area contributed by atoms with E-state index in [1.165, 1.54) is 18.7 Å². The number of nitrogens with two attached hydrogens (primary N) is 1. The average Bonchev–Trinajstić information content (AvgIpc) is 2.60. The van der Waals surface area contributed by atoms with Gasteiger partial charge in [-0.1, -0.05) is 27.7 Å². The number of carboxylic acid groups (broad SMARTS) is 1. The third-order valence-electron chi connectivity index (χ3n) is 4.23. The number of carbonyl (C=O) groups is 4. The van der Waals surface area contributed by atoms with Crippen LogP contribution in [0.4, 0.5) is 0 Å². The van der Waals surface area contributed by atoms with Crippen molar-refractivity contribution in [2.75, 3.05) is 12.0 Å². The highest BCUT2D eigenvalue weighted by Crippen LogP contribution is 2.09. The smallest absolute Gasteiger partial charge is 0.326 e. The summed E-state index contributed by atoms with van der Waals surface area (Å²) < 4.78 is 0. The van der Waals surface area contributed by atoms with Gasteiger partial charge in [-0.2, -0.15) is 11.8 Å².